The third-order valence-electron chi connectivity index (χ3n) is 3.18. The Morgan fingerprint density at radius 1 is 1.55 bits per heavy atom. The highest BCUT2D eigenvalue weighted by Crippen LogP contribution is 2.27. The molecule has 1 aliphatic rings. The summed E-state index contributed by atoms with van der Waals surface area (Å²) < 4.78 is 6.47. The van der Waals surface area contributed by atoms with E-state index in [1.165, 1.54) is 13.1 Å². The molecule has 2 heterocycles. The highest BCUT2D eigenvalue weighted by atomic mass is 16.5. The van der Waals surface area contributed by atoms with E-state index < -0.39 is 29.7 Å². The first-order valence-corrected chi connectivity index (χ1v) is 6.20. The van der Waals surface area contributed by atoms with Gasteiger partial charge < -0.3 is 14.9 Å². The predicted octanol–water partition coefficient (Wildman–Crippen LogP) is -1.69. The summed E-state index contributed by atoms with van der Waals surface area (Å²) >= 11 is 0. The van der Waals surface area contributed by atoms with E-state index in [0.717, 1.165) is 4.57 Å². The minimum absolute atomic E-state index is 0.0890. The maximum atomic E-state index is 11.8. The van der Waals surface area contributed by atoms with Gasteiger partial charge in [0, 0.05) is 24.6 Å². The molecule has 3 unspecified atom stereocenters. The van der Waals surface area contributed by atoms with Gasteiger partial charge in [-0.25, -0.2) is 4.79 Å². The molecule has 1 aromatic heterocycles. The van der Waals surface area contributed by atoms with Crippen LogP contribution in [0.25, 0.3) is 0 Å². The van der Waals surface area contributed by atoms with Crippen LogP contribution in [0.4, 0.5) is 0 Å². The predicted molar refractivity (Wildman–Crippen MR) is 67.3 cm³/mol. The van der Waals surface area contributed by atoms with E-state index in [1.807, 2.05) is 0 Å². The van der Waals surface area contributed by atoms with Gasteiger partial charge in [-0.2, -0.15) is 0 Å². The first kappa shape index (κ1) is 14.6. The van der Waals surface area contributed by atoms with Crippen molar-refractivity contribution >= 4 is 5.78 Å². The minimum Gasteiger partial charge on any atom is -0.394 e. The van der Waals surface area contributed by atoms with Crippen LogP contribution in [0.2, 0.25) is 0 Å². The highest BCUT2D eigenvalue weighted by molar-refractivity contribution is 5.77. The maximum Gasteiger partial charge on any atom is 0.330 e. The molecule has 110 valence electrons. The lowest BCUT2D eigenvalue weighted by atomic mass is 10.2. The molecule has 20 heavy (non-hydrogen) atoms. The molecule has 0 amide bonds. The smallest absolute Gasteiger partial charge is 0.330 e. The van der Waals surface area contributed by atoms with Crippen LogP contribution in [-0.2, 0) is 16.0 Å². The summed E-state index contributed by atoms with van der Waals surface area (Å²) in [7, 11) is 0. The summed E-state index contributed by atoms with van der Waals surface area (Å²) in [5.74, 6) is -0.207. The summed E-state index contributed by atoms with van der Waals surface area (Å²) in [6.07, 6.45) is -1.14. The van der Waals surface area contributed by atoms with Crippen molar-refractivity contribution in [3.63, 3.8) is 0 Å². The second-order valence-electron chi connectivity index (χ2n) is 4.81. The van der Waals surface area contributed by atoms with Crippen molar-refractivity contribution in [2.45, 2.75) is 38.2 Å². The van der Waals surface area contributed by atoms with Gasteiger partial charge in [0.15, 0.2) is 0 Å². The zero-order valence-corrected chi connectivity index (χ0v) is 10.9. The Hall–Kier alpha value is -1.77. The van der Waals surface area contributed by atoms with Gasteiger partial charge in [-0.3, -0.25) is 19.1 Å². The number of rotatable bonds is 4. The summed E-state index contributed by atoms with van der Waals surface area (Å²) in [5, 5.41) is 18.7. The molecule has 8 heteroatoms. The number of ketones is 1. The average Bonchev–Trinajstić information content (AvgIpc) is 2.73. The second kappa shape index (κ2) is 5.70. The van der Waals surface area contributed by atoms with Crippen molar-refractivity contribution in [1.29, 1.82) is 0 Å². The Balaban J connectivity index is 2.35. The zero-order chi connectivity index (χ0) is 14.9. The number of Topliss-reactive ketones (excluding diaryl/α,β-unsaturated/α-hetero) is 1. The van der Waals surface area contributed by atoms with E-state index in [-0.39, 0.29) is 30.8 Å². The molecule has 8 nitrogen and oxygen atoms in total. The molecule has 3 N–H and O–H groups in total. The molecule has 0 radical (unpaired) electrons. The maximum absolute atomic E-state index is 11.8. The Kier molecular flexibility index (Phi) is 4.17. The molecule has 3 atom stereocenters. The van der Waals surface area contributed by atoms with Crippen molar-refractivity contribution in [3.05, 3.63) is 32.6 Å². The van der Waals surface area contributed by atoms with Gasteiger partial charge >= 0.3 is 5.69 Å². The molecular formula is C12H16N2O6. The number of H-pyrrole nitrogens is 1. The molecule has 0 aromatic carbocycles. The molecule has 1 fully saturated rings. The zero-order valence-electron chi connectivity index (χ0n) is 10.9. The van der Waals surface area contributed by atoms with Crippen LogP contribution in [0, 0.1) is 0 Å². The number of carbonyl (C=O) groups excluding carboxylic acids is 1. The van der Waals surface area contributed by atoms with E-state index in [9.17, 15) is 19.5 Å². The fourth-order valence-corrected chi connectivity index (χ4v) is 2.19. The number of ether oxygens (including phenoxy) is 1. The van der Waals surface area contributed by atoms with Crippen LogP contribution in [-0.4, -0.2) is 44.4 Å². The number of carbonyl (C=O) groups is 1. The molecule has 0 spiro atoms. The van der Waals surface area contributed by atoms with Crippen LogP contribution in [0.15, 0.2) is 15.8 Å². The molecular weight excluding hydrogens is 268 g/mol. The molecule has 0 bridgehead atoms. The summed E-state index contributed by atoms with van der Waals surface area (Å²) in [4.78, 5) is 36.5. The Morgan fingerprint density at radius 2 is 2.25 bits per heavy atom. The van der Waals surface area contributed by atoms with E-state index in [1.54, 1.807) is 0 Å². The number of aliphatic hydroxyl groups excluding tert-OH is 2. The number of nitrogens with one attached hydrogen (secondary N) is 1. The lowest BCUT2D eigenvalue weighted by molar-refractivity contribution is -0.116. The van der Waals surface area contributed by atoms with Crippen LogP contribution in [0.1, 0.15) is 25.1 Å². The van der Waals surface area contributed by atoms with Crippen molar-refractivity contribution in [1.82, 2.24) is 9.55 Å². The van der Waals surface area contributed by atoms with Gasteiger partial charge in [-0.05, 0) is 6.92 Å². The monoisotopic (exact) mass is 284 g/mol. The third kappa shape index (κ3) is 2.87. The second-order valence-corrected chi connectivity index (χ2v) is 4.81. The minimum atomic E-state index is -0.889. The Bertz CT molecular complexity index is 619. The molecule has 1 aromatic rings. The molecule has 2 rings (SSSR count). The van der Waals surface area contributed by atoms with Gasteiger partial charge in [-0.15, -0.1) is 0 Å². The summed E-state index contributed by atoms with van der Waals surface area (Å²) in [6, 6.07) is 0. The topological polar surface area (TPSA) is 122 Å². The van der Waals surface area contributed by atoms with Gasteiger partial charge in [0.05, 0.1) is 12.7 Å². The first-order chi connectivity index (χ1) is 9.42. The molecule has 0 aliphatic carbocycles. The van der Waals surface area contributed by atoms with Crippen LogP contribution >= 0.6 is 0 Å². The van der Waals surface area contributed by atoms with Crippen LogP contribution in [0.5, 0.6) is 0 Å². The number of aliphatic hydroxyl groups is 2. The standard InChI is InChI=1S/C12H16N2O6/c1-6(16)2-7-4-14(12(19)13-11(7)18)10-3-8(17)9(5-15)20-10/h4,8-10,15,17H,2-3,5H2,1H3,(H,13,18,19). The van der Waals surface area contributed by atoms with E-state index >= 15 is 0 Å². The number of aromatic nitrogens is 2. The molecule has 0 saturated carbocycles. The van der Waals surface area contributed by atoms with Crippen LogP contribution in [0.3, 0.4) is 0 Å². The quantitative estimate of drug-likeness (QED) is 0.606. The van der Waals surface area contributed by atoms with Gasteiger partial charge in [0.2, 0.25) is 0 Å². The fourth-order valence-electron chi connectivity index (χ4n) is 2.19. The fraction of sp³-hybridized carbons (Fsp3) is 0.583. The SMILES string of the molecule is CC(=O)Cc1cn(C2CC(O)C(CO)O2)c(=O)[nH]c1=O. The lowest BCUT2D eigenvalue weighted by Crippen LogP contribution is -2.34. The average molecular weight is 284 g/mol. The van der Waals surface area contributed by atoms with Crippen molar-refractivity contribution in [2.24, 2.45) is 0 Å². The van der Waals surface area contributed by atoms with E-state index in [0.29, 0.717) is 0 Å². The largest absolute Gasteiger partial charge is 0.394 e. The van der Waals surface area contributed by atoms with Crippen molar-refractivity contribution < 1.29 is 19.7 Å². The highest BCUT2D eigenvalue weighted by Gasteiger charge is 2.35. The normalized spacial score (nSPS) is 25.9. The van der Waals surface area contributed by atoms with Crippen molar-refractivity contribution in [2.75, 3.05) is 6.61 Å². The van der Waals surface area contributed by atoms with E-state index in [4.69, 9.17) is 9.84 Å². The van der Waals surface area contributed by atoms with Gasteiger partial charge in [0.25, 0.3) is 5.56 Å². The lowest BCUT2D eigenvalue weighted by Gasteiger charge is -2.15. The Labute approximate surface area is 113 Å². The van der Waals surface area contributed by atoms with Gasteiger partial charge in [0.1, 0.15) is 18.1 Å². The van der Waals surface area contributed by atoms with Gasteiger partial charge in [-0.1, -0.05) is 0 Å². The number of aromatic amines is 1. The van der Waals surface area contributed by atoms with Crippen molar-refractivity contribution in [3.8, 4) is 0 Å². The summed E-state index contributed by atoms with van der Waals surface area (Å²) in [5.41, 5.74) is -1.14. The third-order valence-corrected chi connectivity index (χ3v) is 3.18. The molecule has 1 saturated heterocycles. The first-order valence-electron chi connectivity index (χ1n) is 6.20. The summed E-state index contributed by atoms with van der Waals surface area (Å²) in [6.45, 7) is 0.975. The number of hydrogen-bond acceptors (Lipinski definition) is 6. The van der Waals surface area contributed by atoms with E-state index in [2.05, 4.69) is 4.98 Å². The van der Waals surface area contributed by atoms with Crippen LogP contribution < -0.4 is 11.2 Å². The number of nitrogens with zero attached hydrogens (tertiary/aromatic N) is 1. The molecule has 1 aliphatic heterocycles. The number of hydrogen-bond donors (Lipinski definition) is 3. The Morgan fingerprint density at radius 3 is 2.80 bits per heavy atom.